The Kier molecular flexibility index (Phi) is 3.88. The van der Waals surface area contributed by atoms with Crippen LogP contribution in [0.1, 0.15) is 30.9 Å². The van der Waals surface area contributed by atoms with Crippen molar-refractivity contribution in [3.8, 4) is 5.88 Å². The minimum Gasteiger partial charge on any atom is -0.464 e. The number of amides is 1. The van der Waals surface area contributed by atoms with Crippen molar-refractivity contribution in [2.45, 2.75) is 45.4 Å². The van der Waals surface area contributed by atoms with E-state index in [1.165, 1.54) is 5.56 Å². The molecule has 5 nitrogen and oxygen atoms in total. The Balaban J connectivity index is 1.69. The summed E-state index contributed by atoms with van der Waals surface area (Å²) in [6.07, 6.45) is 1.70. The average molecular weight is 326 g/mol. The van der Waals surface area contributed by atoms with Crippen LogP contribution >= 0.6 is 0 Å². The van der Waals surface area contributed by atoms with E-state index in [-0.39, 0.29) is 12.0 Å². The molecule has 2 aromatic rings. The lowest BCUT2D eigenvalue weighted by Crippen LogP contribution is -2.41. The lowest BCUT2D eigenvalue weighted by atomic mass is 10.1. The van der Waals surface area contributed by atoms with Crippen LogP contribution in [0.25, 0.3) is 10.9 Å². The van der Waals surface area contributed by atoms with Gasteiger partial charge < -0.3 is 14.4 Å². The number of aryl methyl sites for hydroxylation is 1. The van der Waals surface area contributed by atoms with Crippen LogP contribution in [0.3, 0.4) is 0 Å². The highest BCUT2D eigenvalue weighted by Crippen LogP contribution is 2.29. The lowest BCUT2D eigenvalue weighted by molar-refractivity contribution is -0.139. The first-order chi connectivity index (χ1) is 11.6. The molecule has 0 radical (unpaired) electrons. The monoisotopic (exact) mass is 326 g/mol. The van der Waals surface area contributed by atoms with E-state index in [4.69, 9.17) is 9.47 Å². The van der Waals surface area contributed by atoms with Crippen molar-refractivity contribution in [2.75, 3.05) is 13.2 Å². The van der Waals surface area contributed by atoms with E-state index in [1.54, 1.807) is 6.92 Å². The van der Waals surface area contributed by atoms with Gasteiger partial charge in [0.2, 0.25) is 5.88 Å². The number of hydrogen-bond acceptors (Lipinski definition) is 4. The molecule has 1 aromatic carbocycles. The van der Waals surface area contributed by atoms with E-state index >= 15 is 0 Å². The smallest absolute Gasteiger partial charge is 0.263 e. The number of rotatable bonds is 2. The SMILES string of the molecule is Cc1ccc2nc3c(cc2c1)CN(C[C@@H]1CCCO1)C(=O)[C@H](C)O3. The predicted molar refractivity (Wildman–Crippen MR) is 91.0 cm³/mol. The third kappa shape index (κ3) is 2.84. The van der Waals surface area contributed by atoms with Crippen molar-refractivity contribution >= 4 is 16.8 Å². The molecule has 1 saturated heterocycles. The molecular weight excluding hydrogens is 304 g/mol. The molecule has 2 aliphatic heterocycles. The van der Waals surface area contributed by atoms with Gasteiger partial charge in [-0.25, -0.2) is 4.98 Å². The summed E-state index contributed by atoms with van der Waals surface area (Å²) < 4.78 is 11.6. The van der Waals surface area contributed by atoms with Crippen molar-refractivity contribution in [2.24, 2.45) is 0 Å². The third-order valence-electron chi connectivity index (χ3n) is 4.77. The summed E-state index contributed by atoms with van der Waals surface area (Å²) in [5, 5.41) is 1.08. The molecule has 0 aliphatic carbocycles. The molecule has 0 bridgehead atoms. The molecule has 1 fully saturated rings. The second-order valence-electron chi connectivity index (χ2n) is 6.76. The van der Waals surface area contributed by atoms with E-state index in [0.29, 0.717) is 19.0 Å². The van der Waals surface area contributed by atoms with Crippen LogP contribution in [0, 0.1) is 6.92 Å². The van der Waals surface area contributed by atoms with Gasteiger partial charge in [0.15, 0.2) is 6.10 Å². The zero-order valence-corrected chi connectivity index (χ0v) is 14.1. The van der Waals surface area contributed by atoms with Crippen LogP contribution in [0.15, 0.2) is 24.3 Å². The third-order valence-corrected chi connectivity index (χ3v) is 4.77. The molecule has 2 aliphatic rings. The number of fused-ring (bicyclic) bond motifs is 2. The molecule has 2 atom stereocenters. The number of carbonyl (C=O) groups excluding carboxylic acids is 1. The van der Waals surface area contributed by atoms with E-state index in [9.17, 15) is 4.79 Å². The number of aromatic nitrogens is 1. The zero-order valence-electron chi connectivity index (χ0n) is 14.1. The number of ether oxygens (including phenoxy) is 2. The molecule has 3 heterocycles. The fourth-order valence-corrected chi connectivity index (χ4v) is 3.48. The fraction of sp³-hybridized carbons (Fsp3) is 0.474. The van der Waals surface area contributed by atoms with Gasteiger partial charge in [-0.05, 0) is 44.9 Å². The summed E-state index contributed by atoms with van der Waals surface area (Å²) in [6, 6.07) is 8.24. The summed E-state index contributed by atoms with van der Waals surface area (Å²) in [4.78, 5) is 19.2. The number of hydrogen-bond donors (Lipinski definition) is 0. The van der Waals surface area contributed by atoms with E-state index in [2.05, 4.69) is 24.0 Å². The van der Waals surface area contributed by atoms with E-state index in [0.717, 1.165) is 35.9 Å². The summed E-state index contributed by atoms with van der Waals surface area (Å²) in [7, 11) is 0. The first-order valence-corrected chi connectivity index (χ1v) is 8.57. The number of nitrogens with zero attached hydrogens (tertiary/aromatic N) is 2. The van der Waals surface area contributed by atoms with Gasteiger partial charge in [0, 0.05) is 24.1 Å². The molecular formula is C19H22N2O3. The van der Waals surface area contributed by atoms with Gasteiger partial charge in [-0.1, -0.05) is 11.6 Å². The average Bonchev–Trinajstić information content (AvgIpc) is 3.03. The van der Waals surface area contributed by atoms with Gasteiger partial charge in [-0.2, -0.15) is 0 Å². The molecule has 126 valence electrons. The highest BCUT2D eigenvalue weighted by atomic mass is 16.5. The summed E-state index contributed by atoms with van der Waals surface area (Å²) in [5.41, 5.74) is 3.05. The van der Waals surface area contributed by atoms with Crippen molar-refractivity contribution in [3.63, 3.8) is 0 Å². The van der Waals surface area contributed by atoms with Gasteiger partial charge >= 0.3 is 0 Å². The Morgan fingerprint density at radius 3 is 3.00 bits per heavy atom. The first-order valence-electron chi connectivity index (χ1n) is 8.57. The highest BCUT2D eigenvalue weighted by Gasteiger charge is 2.31. The maximum atomic E-state index is 12.7. The molecule has 0 saturated carbocycles. The fourth-order valence-electron chi connectivity index (χ4n) is 3.48. The first kappa shape index (κ1) is 15.4. The Hall–Kier alpha value is -2.14. The van der Waals surface area contributed by atoms with Crippen molar-refractivity contribution in [1.82, 2.24) is 9.88 Å². The van der Waals surface area contributed by atoms with Gasteiger partial charge in [0.25, 0.3) is 5.91 Å². The molecule has 0 N–H and O–H groups in total. The predicted octanol–water partition coefficient (Wildman–Crippen LogP) is 2.83. The number of carbonyl (C=O) groups is 1. The number of pyridine rings is 1. The summed E-state index contributed by atoms with van der Waals surface area (Å²) >= 11 is 0. The molecule has 1 amide bonds. The molecule has 4 rings (SSSR count). The van der Waals surface area contributed by atoms with Crippen LogP contribution in [0.4, 0.5) is 0 Å². The van der Waals surface area contributed by atoms with E-state index in [1.807, 2.05) is 17.0 Å². The molecule has 24 heavy (non-hydrogen) atoms. The Bertz CT molecular complexity index is 784. The van der Waals surface area contributed by atoms with Crippen LogP contribution in [-0.4, -0.2) is 41.2 Å². The molecule has 0 unspecified atom stereocenters. The standard InChI is InChI=1S/C19H22N2O3/c1-12-5-6-17-14(8-12)9-15-10-21(11-16-4-3-7-23-16)19(22)13(2)24-18(15)20-17/h5-6,8-9,13,16H,3-4,7,10-11H2,1-2H3/t13-,16-/m0/s1. The Morgan fingerprint density at radius 1 is 1.33 bits per heavy atom. The normalized spacial score (nSPS) is 23.9. The van der Waals surface area contributed by atoms with Crippen molar-refractivity contribution in [3.05, 3.63) is 35.4 Å². The quantitative estimate of drug-likeness (QED) is 0.851. The molecule has 0 spiro atoms. The van der Waals surface area contributed by atoms with Crippen molar-refractivity contribution < 1.29 is 14.3 Å². The maximum absolute atomic E-state index is 12.7. The van der Waals surface area contributed by atoms with Crippen LogP contribution in [0.5, 0.6) is 5.88 Å². The largest absolute Gasteiger partial charge is 0.464 e. The summed E-state index contributed by atoms with van der Waals surface area (Å²) in [5.74, 6) is 0.575. The second kappa shape index (κ2) is 6.06. The number of benzene rings is 1. The molecule has 1 aromatic heterocycles. The maximum Gasteiger partial charge on any atom is 0.263 e. The summed E-state index contributed by atoms with van der Waals surface area (Å²) in [6.45, 7) is 5.80. The molecule has 5 heteroatoms. The van der Waals surface area contributed by atoms with Gasteiger partial charge in [-0.15, -0.1) is 0 Å². The highest BCUT2D eigenvalue weighted by molar-refractivity contribution is 5.84. The van der Waals surface area contributed by atoms with Crippen molar-refractivity contribution in [1.29, 1.82) is 0 Å². The van der Waals surface area contributed by atoms with Crippen LogP contribution in [0.2, 0.25) is 0 Å². The second-order valence-corrected chi connectivity index (χ2v) is 6.76. The minimum atomic E-state index is -0.525. The van der Waals surface area contributed by atoms with Gasteiger partial charge in [0.05, 0.1) is 18.2 Å². The zero-order chi connectivity index (χ0) is 16.7. The van der Waals surface area contributed by atoms with Gasteiger partial charge in [-0.3, -0.25) is 4.79 Å². The minimum absolute atomic E-state index is 0.00346. The lowest BCUT2D eigenvalue weighted by Gasteiger charge is -2.24. The Morgan fingerprint density at radius 2 is 2.21 bits per heavy atom. The van der Waals surface area contributed by atoms with Crippen LogP contribution in [-0.2, 0) is 16.1 Å². The van der Waals surface area contributed by atoms with E-state index < -0.39 is 6.10 Å². The topological polar surface area (TPSA) is 51.7 Å². The van der Waals surface area contributed by atoms with Gasteiger partial charge in [0.1, 0.15) is 0 Å². The van der Waals surface area contributed by atoms with Crippen LogP contribution < -0.4 is 4.74 Å². The Labute approximate surface area is 141 Å².